The monoisotopic (exact) mass is 612 g/mol. The molecule has 3 aromatic carbocycles. The van der Waals surface area contributed by atoms with Crippen molar-refractivity contribution < 1.29 is 24.0 Å². The van der Waals surface area contributed by atoms with E-state index in [0.717, 1.165) is 43.2 Å². The summed E-state index contributed by atoms with van der Waals surface area (Å²) in [4.78, 5) is 41.7. The molecule has 2 amide bonds. The Morgan fingerprint density at radius 3 is 2.09 bits per heavy atom. The number of benzene rings is 3. The fourth-order valence-corrected chi connectivity index (χ4v) is 6.45. The second kappa shape index (κ2) is 15.5. The lowest BCUT2D eigenvalue weighted by Crippen LogP contribution is -2.52. The minimum Gasteiger partial charge on any atom is -0.497 e. The molecular formula is C37H44N2O6. The number of carbonyl (C=O) groups excluding carboxylic acids is 2. The van der Waals surface area contributed by atoms with Crippen LogP contribution in [0.4, 0.5) is 4.79 Å². The second-order valence-electron chi connectivity index (χ2n) is 11.9. The van der Waals surface area contributed by atoms with Crippen LogP contribution in [0.25, 0.3) is 0 Å². The molecule has 3 aromatic rings. The minimum absolute atomic E-state index is 0.213. The average molecular weight is 613 g/mol. The third-order valence-corrected chi connectivity index (χ3v) is 8.59. The van der Waals surface area contributed by atoms with E-state index >= 15 is 0 Å². The van der Waals surface area contributed by atoms with E-state index in [1.165, 1.54) is 4.90 Å². The molecule has 0 bridgehead atoms. The van der Waals surface area contributed by atoms with Gasteiger partial charge < -0.3 is 9.47 Å². The maximum absolute atomic E-state index is 14.8. The van der Waals surface area contributed by atoms with Crippen molar-refractivity contribution in [3.63, 3.8) is 0 Å². The normalized spacial score (nSPS) is 17.3. The van der Waals surface area contributed by atoms with Gasteiger partial charge in [-0.3, -0.25) is 14.9 Å². The number of methoxy groups -OCH3 is 1. The van der Waals surface area contributed by atoms with Crippen LogP contribution in [-0.4, -0.2) is 41.5 Å². The lowest BCUT2D eigenvalue weighted by molar-refractivity contribution is -0.484. The number of cyclic esters (lactones) is 1. The molecule has 0 unspecified atom stereocenters. The summed E-state index contributed by atoms with van der Waals surface area (Å²) in [6, 6.07) is 25.2. The smallest absolute Gasteiger partial charge is 0.418 e. The fraction of sp³-hybridized carbons (Fsp3) is 0.405. The lowest BCUT2D eigenvalue weighted by Gasteiger charge is -2.38. The molecule has 1 heterocycles. The van der Waals surface area contributed by atoms with Gasteiger partial charge in [0, 0.05) is 16.1 Å². The summed E-state index contributed by atoms with van der Waals surface area (Å²) in [5.41, 5.74) is 0.848. The highest BCUT2D eigenvalue weighted by Gasteiger charge is 2.60. The van der Waals surface area contributed by atoms with Gasteiger partial charge in [-0.05, 0) is 36.5 Å². The Morgan fingerprint density at radius 2 is 1.58 bits per heavy atom. The van der Waals surface area contributed by atoms with Gasteiger partial charge in [0.25, 0.3) is 0 Å². The molecule has 45 heavy (non-hydrogen) atoms. The van der Waals surface area contributed by atoms with E-state index in [9.17, 15) is 19.7 Å². The summed E-state index contributed by atoms with van der Waals surface area (Å²) in [7, 11) is 1.55. The predicted octanol–water partition coefficient (Wildman–Crippen LogP) is 8.15. The van der Waals surface area contributed by atoms with Crippen molar-refractivity contribution in [2.45, 2.75) is 70.4 Å². The molecule has 0 spiro atoms. The van der Waals surface area contributed by atoms with Crippen molar-refractivity contribution in [1.29, 1.82) is 0 Å². The lowest BCUT2D eigenvalue weighted by atomic mass is 9.75. The number of allylic oxidation sites excluding steroid dienone is 1. The minimum atomic E-state index is -1.27. The van der Waals surface area contributed by atoms with Crippen LogP contribution in [0.15, 0.2) is 97.1 Å². The van der Waals surface area contributed by atoms with Crippen LogP contribution in [0.3, 0.4) is 0 Å². The van der Waals surface area contributed by atoms with Gasteiger partial charge in [-0.15, -0.1) is 0 Å². The van der Waals surface area contributed by atoms with E-state index in [1.807, 2.05) is 80.6 Å². The summed E-state index contributed by atoms with van der Waals surface area (Å²) in [5.74, 6) is -1.93. The largest absolute Gasteiger partial charge is 0.497 e. The Kier molecular flexibility index (Phi) is 11.5. The van der Waals surface area contributed by atoms with Gasteiger partial charge >= 0.3 is 6.09 Å². The first-order chi connectivity index (χ1) is 21.7. The number of unbranched alkanes of at least 4 members (excludes halogenated alkanes) is 4. The summed E-state index contributed by atoms with van der Waals surface area (Å²) < 4.78 is 11.6. The third kappa shape index (κ3) is 7.44. The molecule has 1 aliphatic heterocycles. The Balaban J connectivity index is 1.84. The van der Waals surface area contributed by atoms with E-state index in [4.69, 9.17) is 9.47 Å². The molecule has 238 valence electrons. The topological polar surface area (TPSA) is 99.0 Å². The zero-order chi connectivity index (χ0) is 32.4. The van der Waals surface area contributed by atoms with Gasteiger partial charge in [0.05, 0.1) is 25.0 Å². The highest BCUT2D eigenvalue weighted by Crippen LogP contribution is 2.48. The van der Waals surface area contributed by atoms with Crippen LogP contribution in [0, 0.1) is 22.0 Å². The predicted molar refractivity (Wildman–Crippen MR) is 175 cm³/mol. The van der Waals surface area contributed by atoms with Crippen molar-refractivity contribution in [2.24, 2.45) is 11.8 Å². The maximum Gasteiger partial charge on any atom is 0.418 e. The van der Waals surface area contributed by atoms with Crippen LogP contribution in [-0.2, 0) is 15.1 Å². The van der Waals surface area contributed by atoms with Crippen molar-refractivity contribution in [1.82, 2.24) is 4.90 Å². The Morgan fingerprint density at radius 1 is 0.978 bits per heavy atom. The number of imide groups is 1. The molecule has 1 aliphatic rings. The van der Waals surface area contributed by atoms with Crippen LogP contribution >= 0.6 is 0 Å². The molecule has 0 aromatic heterocycles. The van der Waals surface area contributed by atoms with Gasteiger partial charge in [0.2, 0.25) is 12.5 Å². The zero-order valence-electron chi connectivity index (χ0n) is 26.6. The molecule has 1 fully saturated rings. The number of ether oxygens (including phenoxy) is 2. The maximum atomic E-state index is 14.8. The third-order valence-electron chi connectivity index (χ3n) is 8.59. The van der Waals surface area contributed by atoms with Crippen LogP contribution in [0.2, 0.25) is 0 Å². The van der Waals surface area contributed by atoms with E-state index in [2.05, 4.69) is 6.92 Å². The summed E-state index contributed by atoms with van der Waals surface area (Å²) in [5, 5.41) is 12.1. The van der Waals surface area contributed by atoms with E-state index in [1.54, 1.807) is 37.5 Å². The van der Waals surface area contributed by atoms with Gasteiger partial charge in [-0.25, -0.2) is 9.69 Å². The van der Waals surface area contributed by atoms with Crippen molar-refractivity contribution in [2.75, 3.05) is 13.7 Å². The van der Waals surface area contributed by atoms with E-state index in [-0.39, 0.29) is 5.92 Å². The number of hydrogen-bond acceptors (Lipinski definition) is 6. The summed E-state index contributed by atoms with van der Waals surface area (Å²) in [6.45, 7) is 5.58. The number of rotatable bonds is 15. The highest BCUT2D eigenvalue weighted by atomic mass is 16.6. The first kappa shape index (κ1) is 33.4. The Labute approximate surface area is 266 Å². The van der Waals surface area contributed by atoms with Crippen molar-refractivity contribution >= 4 is 12.0 Å². The number of amides is 2. The molecule has 3 atom stereocenters. The zero-order valence-corrected chi connectivity index (χ0v) is 26.6. The second-order valence-corrected chi connectivity index (χ2v) is 11.9. The highest BCUT2D eigenvalue weighted by molar-refractivity contribution is 5.97. The molecule has 1 saturated heterocycles. The molecule has 8 nitrogen and oxygen atoms in total. The molecule has 8 heteroatoms. The SMILES string of the molecule is CCCCCC/C=C/[C@@H](C(=O)N1C(=O)OC(c2ccccc2)(c2ccccc2)[C@@H]1C(C)C)[C@H](C[N+](=O)[O-])c1ccc(OC)cc1. The molecular weight excluding hydrogens is 568 g/mol. The summed E-state index contributed by atoms with van der Waals surface area (Å²) >= 11 is 0. The fourth-order valence-electron chi connectivity index (χ4n) is 6.45. The number of carbonyl (C=O) groups is 2. The van der Waals surface area contributed by atoms with Crippen LogP contribution < -0.4 is 4.74 Å². The first-order valence-corrected chi connectivity index (χ1v) is 15.8. The molecule has 0 aliphatic carbocycles. The van der Waals surface area contributed by atoms with E-state index in [0.29, 0.717) is 11.3 Å². The number of nitro groups is 1. The van der Waals surface area contributed by atoms with Gasteiger partial charge in [0.15, 0.2) is 5.60 Å². The Bertz CT molecular complexity index is 1400. The average Bonchev–Trinajstić information content (AvgIpc) is 3.38. The Hall–Kier alpha value is -4.46. The standard InChI is InChI=1S/C37H44N2O6/c1-5-6-7-8-9-16-21-32(33(26-38(42)43)28-22-24-31(44-4)25-23-28)35(40)39-34(27(2)3)37(45-36(39)41,29-17-12-10-13-18-29)30-19-14-11-15-20-30/h10-25,27,32-34H,5-9,26H2,1-4H3/b21-16+/t32-,33-,34+/m1/s1. The van der Waals surface area contributed by atoms with Gasteiger partial charge in [0.1, 0.15) is 5.75 Å². The van der Waals surface area contributed by atoms with E-state index < -0.39 is 46.9 Å². The van der Waals surface area contributed by atoms with Crippen LogP contribution in [0.1, 0.15) is 75.5 Å². The summed E-state index contributed by atoms with van der Waals surface area (Å²) in [6.07, 6.45) is 7.88. The first-order valence-electron chi connectivity index (χ1n) is 15.8. The quantitative estimate of drug-likeness (QED) is 0.0743. The molecule has 0 N–H and O–H groups in total. The van der Waals surface area contributed by atoms with Crippen LogP contribution in [0.5, 0.6) is 5.75 Å². The number of hydrogen-bond donors (Lipinski definition) is 0. The van der Waals surface area contributed by atoms with Crippen molar-refractivity contribution in [3.8, 4) is 5.75 Å². The molecule has 4 rings (SSSR count). The van der Waals surface area contributed by atoms with Crippen molar-refractivity contribution in [3.05, 3.63) is 124 Å². The van der Waals surface area contributed by atoms with Gasteiger partial charge in [-0.2, -0.15) is 0 Å². The molecule has 0 radical (unpaired) electrons. The number of nitrogens with zero attached hydrogens (tertiary/aromatic N) is 2. The molecule has 0 saturated carbocycles. The van der Waals surface area contributed by atoms with Gasteiger partial charge in [-0.1, -0.05) is 125 Å².